The van der Waals surface area contributed by atoms with Gasteiger partial charge in [-0.05, 0) is 44.5 Å². The summed E-state index contributed by atoms with van der Waals surface area (Å²) in [5, 5.41) is 3.34. The molecule has 0 atom stereocenters. The minimum absolute atomic E-state index is 0.129. The Morgan fingerprint density at radius 3 is 2.39 bits per heavy atom. The lowest BCUT2D eigenvalue weighted by atomic mass is 10.0. The summed E-state index contributed by atoms with van der Waals surface area (Å²) in [5.74, 6) is 0.858. The minimum Gasteiger partial charge on any atom is -0.491 e. The second kappa shape index (κ2) is 7.24. The van der Waals surface area contributed by atoms with Crippen LogP contribution in [0.5, 0.6) is 5.75 Å². The van der Waals surface area contributed by atoms with Gasteiger partial charge in [0.25, 0.3) is 0 Å². The molecule has 0 aliphatic heterocycles. The molecule has 4 nitrogen and oxygen atoms in total. The SMILES string of the molecule is COCCOc1ccc(NCCC(C)(C)N)cc1. The van der Waals surface area contributed by atoms with E-state index < -0.39 is 0 Å². The third-order valence-electron chi connectivity index (χ3n) is 2.51. The van der Waals surface area contributed by atoms with Crippen LogP contribution in [0.15, 0.2) is 24.3 Å². The summed E-state index contributed by atoms with van der Waals surface area (Å²) in [5.41, 5.74) is 6.87. The van der Waals surface area contributed by atoms with E-state index in [9.17, 15) is 0 Å². The van der Waals surface area contributed by atoms with E-state index in [1.54, 1.807) is 7.11 Å². The van der Waals surface area contributed by atoms with Gasteiger partial charge in [-0.3, -0.25) is 0 Å². The van der Waals surface area contributed by atoms with E-state index in [2.05, 4.69) is 5.32 Å². The van der Waals surface area contributed by atoms with E-state index in [-0.39, 0.29) is 5.54 Å². The van der Waals surface area contributed by atoms with Crippen LogP contribution >= 0.6 is 0 Å². The number of hydrogen-bond acceptors (Lipinski definition) is 4. The molecule has 0 bridgehead atoms. The predicted octanol–water partition coefficient (Wildman–Crippen LogP) is 2.25. The van der Waals surface area contributed by atoms with Crippen LogP contribution in [-0.2, 0) is 4.74 Å². The molecule has 3 N–H and O–H groups in total. The Morgan fingerprint density at radius 1 is 1.17 bits per heavy atom. The summed E-state index contributed by atoms with van der Waals surface area (Å²) in [4.78, 5) is 0. The standard InChI is InChI=1S/C14H24N2O2/c1-14(2,15)8-9-16-12-4-6-13(7-5-12)18-11-10-17-3/h4-7,16H,8-11,15H2,1-3H3. The van der Waals surface area contributed by atoms with Gasteiger partial charge in [0, 0.05) is 24.9 Å². The molecule has 0 heterocycles. The van der Waals surface area contributed by atoms with Crippen molar-refractivity contribution in [3.63, 3.8) is 0 Å². The number of ether oxygens (including phenoxy) is 2. The molecule has 0 unspecified atom stereocenters. The fourth-order valence-electron chi connectivity index (χ4n) is 1.44. The first-order valence-corrected chi connectivity index (χ1v) is 6.26. The van der Waals surface area contributed by atoms with Crippen molar-refractivity contribution in [2.24, 2.45) is 5.73 Å². The molecular formula is C14H24N2O2. The maximum atomic E-state index is 5.92. The highest BCUT2D eigenvalue weighted by molar-refractivity contribution is 5.46. The third kappa shape index (κ3) is 6.47. The Bertz CT molecular complexity index is 331. The van der Waals surface area contributed by atoms with Crippen molar-refractivity contribution < 1.29 is 9.47 Å². The van der Waals surface area contributed by atoms with Gasteiger partial charge in [0.1, 0.15) is 12.4 Å². The molecule has 1 aromatic rings. The number of benzene rings is 1. The topological polar surface area (TPSA) is 56.5 Å². The van der Waals surface area contributed by atoms with Gasteiger partial charge in [0.05, 0.1) is 6.61 Å². The van der Waals surface area contributed by atoms with Crippen LogP contribution in [0, 0.1) is 0 Å². The Hall–Kier alpha value is -1.26. The number of anilines is 1. The molecule has 1 rings (SSSR count). The van der Waals surface area contributed by atoms with E-state index in [4.69, 9.17) is 15.2 Å². The Morgan fingerprint density at radius 2 is 1.83 bits per heavy atom. The van der Waals surface area contributed by atoms with Crippen LogP contribution in [0.2, 0.25) is 0 Å². The van der Waals surface area contributed by atoms with Crippen molar-refractivity contribution in [3.05, 3.63) is 24.3 Å². The molecular weight excluding hydrogens is 228 g/mol. The van der Waals surface area contributed by atoms with Gasteiger partial charge in [0.15, 0.2) is 0 Å². The average molecular weight is 252 g/mol. The molecule has 0 saturated carbocycles. The highest BCUT2D eigenvalue weighted by atomic mass is 16.5. The summed E-state index contributed by atoms with van der Waals surface area (Å²) in [6.45, 7) is 6.10. The highest BCUT2D eigenvalue weighted by Crippen LogP contribution is 2.16. The number of hydrogen-bond donors (Lipinski definition) is 2. The van der Waals surface area contributed by atoms with Crippen molar-refractivity contribution in [2.75, 3.05) is 32.2 Å². The lowest BCUT2D eigenvalue weighted by molar-refractivity contribution is 0.146. The van der Waals surface area contributed by atoms with Crippen LogP contribution in [0.25, 0.3) is 0 Å². The van der Waals surface area contributed by atoms with Crippen molar-refractivity contribution in [2.45, 2.75) is 25.8 Å². The summed E-state index contributed by atoms with van der Waals surface area (Å²) < 4.78 is 10.4. The van der Waals surface area contributed by atoms with Gasteiger partial charge in [-0.1, -0.05) is 0 Å². The fourth-order valence-corrected chi connectivity index (χ4v) is 1.44. The lowest BCUT2D eigenvalue weighted by Gasteiger charge is -2.18. The Kier molecular flexibility index (Phi) is 5.95. The zero-order valence-electron chi connectivity index (χ0n) is 11.5. The first-order chi connectivity index (χ1) is 8.51. The molecule has 0 amide bonds. The molecule has 0 aliphatic carbocycles. The number of nitrogens with one attached hydrogen (secondary N) is 1. The first-order valence-electron chi connectivity index (χ1n) is 6.26. The van der Waals surface area contributed by atoms with E-state index in [0.29, 0.717) is 13.2 Å². The van der Waals surface area contributed by atoms with Crippen LogP contribution < -0.4 is 15.8 Å². The molecule has 0 fully saturated rings. The molecule has 4 heteroatoms. The lowest BCUT2D eigenvalue weighted by Crippen LogP contribution is -2.34. The van der Waals surface area contributed by atoms with Crippen LogP contribution in [0.1, 0.15) is 20.3 Å². The van der Waals surface area contributed by atoms with E-state index in [1.165, 1.54) is 0 Å². The number of nitrogens with two attached hydrogens (primary N) is 1. The van der Waals surface area contributed by atoms with Gasteiger partial charge in [-0.2, -0.15) is 0 Å². The van der Waals surface area contributed by atoms with Crippen LogP contribution in [-0.4, -0.2) is 32.4 Å². The van der Waals surface area contributed by atoms with Crippen LogP contribution in [0.4, 0.5) is 5.69 Å². The van der Waals surface area contributed by atoms with Crippen molar-refractivity contribution in [1.29, 1.82) is 0 Å². The van der Waals surface area contributed by atoms with Crippen molar-refractivity contribution in [3.8, 4) is 5.75 Å². The minimum atomic E-state index is -0.129. The highest BCUT2D eigenvalue weighted by Gasteiger charge is 2.09. The molecule has 1 aromatic carbocycles. The van der Waals surface area contributed by atoms with Crippen molar-refractivity contribution in [1.82, 2.24) is 0 Å². The summed E-state index contributed by atoms with van der Waals surface area (Å²) in [6.07, 6.45) is 0.930. The molecule has 0 spiro atoms. The quantitative estimate of drug-likeness (QED) is 0.697. The maximum absolute atomic E-state index is 5.92. The van der Waals surface area contributed by atoms with Gasteiger partial charge < -0.3 is 20.5 Å². The summed E-state index contributed by atoms with van der Waals surface area (Å²) >= 11 is 0. The largest absolute Gasteiger partial charge is 0.491 e. The van der Waals surface area contributed by atoms with Gasteiger partial charge in [-0.15, -0.1) is 0 Å². The zero-order valence-corrected chi connectivity index (χ0v) is 11.5. The summed E-state index contributed by atoms with van der Waals surface area (Å²) in [6, 6.07) is 7.91. The molecule has 0 saturated heterocycles. The smallest absolute Gasteiger partial charge is 0.119 e. The van der Waals surface area contributed by atoms with Gasteiger partial charge in [0.2, 0.25) is 0 Å². The van der Waals surface area contributed by atoms with E-state index in [0.717, 1.165) is 24.4 Å². The first kappa shape index (κ1) is 14.8. The monoisotopic (exact) mass is 252 g/mol. The van der Waals surface area contributed by atoms with Crippen LogP contribution in [0.3, 0.4) is 0 Å². The zero-order chi connectivity index (χ0) is 13.4. The maximum Gasteiger partial charge on any atom is 0.119 e. The molecule has 0 aromatic heterocycles. The van der Waals surface area contributed by atoms with E-state index >= 15 is 0 Å². The van der Waals surface area contributed by atoms with E-state index in [1.807, 2.05) is 38.1 Å². The normalized spacial score (nSPS) is 11.3. The average Bonchev–Trinajstić information content (AvgIpc) is 2.30. The predicted molar refractivity (Wildman–Crippen MR) is 75.2 cm³/mol. The fraction of sp³-hybridized carbons (Fsp3) is 0.571. The van der Waals surface area contributed by atoms with Gasteiger partial charge >= 0.3 is 0 Å². The third-order valence-corrected chi connectivity index (χ3v) is 2.51. The second-order valence-electron chi connectivity index (χ2n) is 5.03. The Balaban J connectivity index is 2.31. The molecule has 18 heavy (non-hydrogen) atoms. The van der Waals surface area contributed by atoms with Crippen molar-refractivity contribution >= 4 is 5.69 Å². The summed E-state index contributed by atoms with van der Waals surface area (Å²) in [7, 11) is 1.66. The number of methoxy groups -OCH3 is 1. The van der Waals surface area contributed by atoms with Gasteiger partial charge in [-0.25, -0.2) is 0 Å². The Labute approximate surface area is 109 Å². The molecule has 102 valence electrons. The molecule has 0 radical (unpaired) electrons. The number of rotatable bonds is 8. The molecule has 0 aliphatic rings. The second-order valence-corrected chi connectivity index (χ2v) is 5.03.